The molecular weight excluding hydrogens is 228 g/mol. The molecule has 0 spiro atoms. The highest BCUT2D eigenvalue weighted by molar-refractivity contribution is 5.79. The Morgan fingerprint density at radius 1 is 1.28 bits per heavy atom. The summed E-state index contributed by atoms with van der Waals surface area (Å²) in [6.07, 6.45) is 1.08. The molecule has 108 valence electrons. The summed E-state index contributed by atoms with van der Waals surface area (Å²) < 4.78 is 5.04. The van der Waals surface area contributed by atoms with Crippen molar-refractivity contribution in [2.24, 2.45) is 10.9 Å². The van der Waals surface area contributed by atoms with Crippen molar-refractivity contribution < 1.29 is 4.74 Å². The SMILES string of the molecule is CN=C(NCCN(C)CCCOC)NCC(C)C. The van der Waals surface area contributed by atoms with Gasteiger partial charge in [0.2, 0.25) is 0 Å². The Morgan fingerprint density at radius 3 is 2.56 bits per heavy atom. The molecule has 0 fully saturated rings. The highest BCUT2D eigenvalue weighted by Gasteiger charge is 2.01. The van der Waals surface area contributed by atoms with Crippen molar-refractivity contribution in [3.63, 3.8) is 0 Å². The quantitative estimate of drug-likeness (QED) is 0.364. The third-order valence-corrected chi connectivity index (χ3v) is 2.58. The van der Waals surface area contributed by atoms with E-state index in [2.05, 4.69) is 41.4 Å². The number of hydrogen-bond acceptors (Lipinski definition) is 3. The lowest BCUT2D eigenvalue weighted by atomic mass is 10.2. The van der Waals surface area contributed by atoms with Crippen LogP contribution in [0, 0.1) is 5.92 Å². The summed E-state index contributed by atoms with van der Waals surface area (Å²) in [5, 5.41) is 6.61. The molecule has 0 aliphatic rings. The number of hydrogen-bond donors (Lipinski definition) is 2. The van der Waals surface area contributed by atoms with E-state index in [1.54, 1.807) is 14.2 Å². The molecule has 2 N–H and O–H groups in total. The van der Waals surface area contributed by atoms with Gasteiger partial charge in [-0.25, -0.2) is 0 Å². The smallest absolute Gasteiger partial charge is 0.191 e. The average molecular weight is 258 g/mol. The minimum absolute atomic E-state index is 0.625. The Kier molecular flexibility index (Phi) is 10.8. The molecule has 0 aromatic carbocycles. The first-order valence-corrected chi connectivity index (χ1v) is 6.72. The van der Waals surface area contributed by atoms with Gasteiger partial charge in [0.15, 0.2) is 5.96 Å². The van der Waals surface area contributed by atoms with Crippen LogP contribution < -0.4 is 10.6 Å². The van der Waals surface area contributed by atoms with Gasteiger partial charge in [0.1, 0.15) is 0 Å². The molecule has 0 aromatic heterocycles. The number of likely N-dealkylation sites (N-methyl/N-ethyl adjacent to an activating group) is 1. The van der Waals surface area contributed by atoms with Gasteiger partial charge >= 0.3 is 0 Å². The Hall–Kier alpha value is -0.810. The van der Waals surface area contributed by atoms with Crippen molar-refractivity contribution in [3.8, 4) is 0 Å². The van der Waals surface area contributed by atoms with E-state index in [1.165, 1.54) is 0 Å². The molecule has 0 amide bonds. The molecule has 0 aliphatic heterocycles. The molecule has 0 saturated carbocycles. The summed E-state index contributed by atoms with van der Waals surface area (Å²) in [4.78, 5) is 6.48. The lowest BCUT2D eigenvalue weighted by molar-refractivity contribution is 0.180. The second-order valence-electron chi connectivity index (χ2n) is 4.92. The molecule has 0 bridgehead atoms. The van der Waals surface area contributed by atoms with E-state index in [1.807, 2.05) is 0 Å². The van der Waals surface area contributed by atoms with E-state index in [0.29, 0.717) is 5.92 Å². The van der Waals surface area contributed by atoms with Crippen LogP contribution in [-0.2, 0) is 4.74 Å². The van der Waals surface area contributed by atoms with E-state index in [4.69, 9.17) is 4.74 Å². The highest BCUT2D eigenvalue weighted by Crippen LogP contribution is 1.88. The largest absolute Gasteiger partial charge is 0.385 e. The fourth-order valence-corrected chi connectivity index (χ4v) is 1.48. The number of aliphatic imine (C=N–C) groups is 1. The Balaban J connectivity index is 3.61. The molecular formula is C13H30N4O. The van der Waals surface area contributed by atoms with Crippen LogP contribution in [-0.4, -0.2) is 64.9 Å². The Labute approximate surface area is 112 Å². The van der Waals surface area contributed by atoms with E-state index in [-0.39, 0.29) is 0 Å². The normalized spacial score (nSPS) is 12.3. The van der Waals surface area contributed by atoms with E-state index in [9.17, 15) is 0 Å². The van der Waals surface area contributed by atoms with Crippen LogP contribution in [0.2, 0.25) is 0 Å². The first-order chi connectivity index (χ1) is 8.60. The third-order valence-electron chi connectivity index (χ3n) is 2.58. The number of nitrogens with one attached hydrogen (secondary N) is 2. The van der Waals surface area contributed by atoms with Gasteiger partial charge in [0, 0.05) is 46.9 Å². The number of nitrogens with zero attached hydrogens (tertiary/aromatic N) is 2. The van der Waals surface area contributed by atoms with Gasteiger partial charge in [-0.1, -0.05) is 13.8 Å². The van der Waals surface area contributed by atoms with Gasteiger partial charge in [-0.3, -0.25) is 4.99 Å². The molecule has 5 heteroatoms. The fourth-order valence-electron chi connectivity index (χ4n) is 1.48. The van der Waals surface area contributed by atoms with Gasteiger partial charge in [0.05, 0.1) is 0 Å². The zero-order chi connectivity index (χ0) is 13.8. The van der Waals surface area contributed by atoms with E-state index in [0.717, 1.165) is 45.2 Å². The lowest BCUT2D eigenvalue weighted by Gasteiger charge is -2.18. The minimum Gasteiger partial charge on any atom is -0.385 e. The number of methoxy groups -OCH3 is 1. The third kappa shape index (κ3) is 10.4. The van der Waals surface area contributed by atoms with Gasteiger partial charge < -0.3 is 20.3 Å². The summed E-state index contributed by atoms with van der Waals surface area (Å²) in [5.74, 6) is 1.51. The molecule has 0 aliphatic carbocycles. The summed E-state index contributed by atoms with van der Waals surface area (Å²) in [7, 11) is 5.67. The van der Waals surface area contributed by atoms with Crippen molar-refractivity contribution in [1.29, 1.82) is 0 Å². The van der Waals surface area contributed by atoms with Crippen LogP contribution in [0.15, 0.2) is 4.99 Å². The van der Waals surface area contributed by atoms with Crippen LogP contribution >= 0.6 is 0 Å². The summed E-state index contributed by atoms with van der Waals surface area (Å²) in [6.45, 7) is 9.12. The molecule has 0 saturated heterocycles. The lowest BCUT2D eigenvalue weighted by Crippen LogP contribution is -2.42. The Bertz CT molecular complexity index is 219. The Morgan fingerprint density at radius 2 is 2.00 bits per heavy atom. The fraction of sp³-hybridized carbons (Fsp3) is 0.923. The topological polar surface area (TPSA) is 48.9 Å². The monoisotopic (exact) mass is 258 g/mol. The van der Waals surface area contributed by atoms with Crippen LogP contribution in [0.1, 0.15) is 20.3 Å². The second kappa shape index (κ2) is 11.3. The van der Waals surface area contributed by atoms with Crippen LogP contribution in [0.4, 0.5) is 0 Å². The maximum atomic E-state index is 5.04. The molecule has 0 rings (SSSR count). The minimum atomic E-state index is 0.625. The average Bonchev–Trinajstić information content (AvgIpc) is 2.33. The van der Waals surface area contributed by atoms with Gasteiger partial charge in [-0.2, -0.15) is 0 Å². The van der Waals surface area contributed by atoms with Crippen molar-refractivity contribution in [2.75, 3.05) is 54.0 Å². The predicted molar refractivity (Wildman–Crippen MR) is 78.2 cm³/mol. The maximum absolute atomic E-state index is 5.04. The zero-order valence-corrected chi connectivity index (χ0v) is 12.6. The summed E-state index contributed by atoms with van der Waals surface area (Å²) >= 11 is 0. The van der Waals surface area contributed by atoms with Gasteiger partial charge in [-0.05, 0) is 19.4 Å². The van der Waals surface area contributed by atoms with Crippen molar-refractivity contribution in [1.82, 2.24) is 15.5 Å². The molecule has 0 atom stereocenters. The summed E-state index contributed by atoms with van der Waals surface area (Å²) in [6, 6.07) is 0. The molecule has 0 aromatic rings. The standard InChI is InChI=1S/C13H30N4O/c1-12(2)11-16-13(14-3)15-7-9-17(4)8-6-10-18-5/h12H,6-11H2,1-5H3,(H2,14,15,16). The van der Waals surface area contributed by atoms with E-state index >= 15 is 0 Å². The molecule has 0 heterocycles. The van der Waals surface area contributed by atoms with Crippen LogP contribution in [0.25, 0.3) is 0 Å². The number of guanidine groups is 1. The molecule has 5 nitrogen and oxygen atoms in total. The van der Waals surface area contributed by atoms with Crippen molar-refractivity contribution >= 4 is 5.96 Å². The molecule has 0 unspecified atom stereocenters. The van der Waals surface area contributed by atoms with Gasteiger partial charge in [0.25, 0.3) is 0 Å². The van der Waals surface area contributed by atoms with Crippen molar-refractivity contribution in [3.05, 3.63) is 0 Å². The predicted octanol–water partition coefficient (Wildman–Crippen LogP) is 0.776. The van der Waals surface area contributed by atoms with Crippen molar-refractivity contribution in [2.45, 2.75) is 20.3 Å². The van der Waals surface area contributed by atoms with Crippen LogP contribution in [0.5, 0.6) is 0 Å². The van der Waals surface area contributed by atoms with Gasteiger partial charge in [-0.15, -0.1) is 0 Å². The first kappa shape index (κ1) is 17.2. The summed E-state index contributed by atoms with van der Waals surface area (Å²) in [5.41, 5.74) is 0. The maximum Gasteiger partial charge on any atom is 0.191 e. The van der Waals surface area contributed by atoms with Crippen LogP contribution in [0.3, 0.4) is 0 Å². The highest BCUT2D eigenvalue weighted by atomic mass is 16.5. The zero-order valence-electron chi connectivity index (χ0n) is 12.6. The first-order valence-electron chi connectivity index (χ1n) is 6.72. The number of ether oxygens (including phenoxy) is 1. The second-order valence-corrected chi connectivity index (χ2v) is 4.92. The molecule has 0 radical (unpaired) electrons. The molecule has 18 heavy (non-hydrogen) atoms. The van der Waals surface area contributed by atoms with E-state index < -0.39 is 0 Å². The number of rotatable bonds is 9.